The minimum Gasteiger partial charge on any atom is -0.493 e. The number of ketones is 1. The third kappa shape index (κ3) is 2.60. The molecule has 0 amide bonds. The van der Waals surface area contributed by atoms with E-state index < -0.39 is 24.0 Å². The lowest BCUT2D eigenvalue weighted by Gasteiger charge is -2.11. The Hall–Kier alpha value is -2.40. The van der Waals surface area contributed by atoms with Crippen LogP contribution in [0.25, 0.3) is 10.8 Å². The maximum atomic E-state index is 11.5. The Kier molecular flexibility index (Phi) is 3.58. The summed E-state index contributed by atoms with van der Waals surface area (Å²) in [6.45, 7) is 0.227. The third-order valence-electron chi connectivity index (χ3n) is 3.46. The van der Waals surface area contributed by atoms with E-state index in [0.717, 1.165) is 10.8 Å². The van der Waals surface area contributed by atoms with Crippen molar-refractivity contribution in [3.63, 3.8) is 0 Å². The van der Waals surface area contributed by atoms with Crippen LogP contribution in [-0.2, 0) is 14.3 Å². The minimum atomic E-state index is -1.65. The van der Waals surface area contributed by atoms with Gasteiger partial charge in [0, 0.05) is 11.8 Å². The van der Waals surface area contributed by atoms with E-state index in [9.17, 15) is 14.7 Å². The first-order valence-corrected chi connectivity index (χ1v) is 6.69. The molecule has 108 valence electrons. The largest absolute Gasteiger partial charge is 0.493 e. The molecular weight excluding hydrogens is 272 g/mol. The second-order valence-corrected chi connectivity index (χ2v) is 4.84. The van der Waals surface area contributed by atoms with Crippen LogP contribution in [0.5, 0.6) is 5.75 Å². The summed E-state index contributed by atoms with van der Waals surface area (Å²) in [5.74, 6) is -0.762. The number of Topliss-reactive ketones (excluding diaryl/α,β-unsaturated/α-hetero) is 1. The molecule has 21 heavy (non-hydrogen) atoms. The van der Waals surface area contributed by atoms with Crippen LogP contribution in [0, 0.1) is 0 Å². The lowest BCUT2D eigenvalue weighted by atomic mass is 10.1. The number of aliphatic hydroxyl groups is 1. The molecule has 1 saturated heterocycles. The Morgan fingerprint density at radius 3 is 2.62 bits per heavy atom. The van der Waals surface area contributed by atoms with Gasteiger partial charge in [0.1, 0.15) is 5.75 Å². The highest BCUT2D eigenvalue weighted by atomic mass is 16.6. The molecule has 2 unspecified atom stereocenters. The predicted molar refractivity (Wildman–Crippen MR) is 75.0 cm³/mol. The Balaban J connectivity index is 1.65. The van der Waals surface area contributed by atoms with Gasteiger partial charge in [-0.2, -0.15) is 0 Å². The number of esters is 1. The molecule has 0 bridgehead atoms. The van der Waals surface area contributed by atoms with E-state index in [4.69, 9.17) is 9.47 Å². The maximum absolute atomic E-state index is 11.5. The molecule has 0 saturated carbocycles. The zero-order valence-corrected chi connectivity index (χ0v) is 11.2. The number of ether oxygens (including phenoxy) is 2. The van der Waals surface area contributed by atoms with Crippen LogP contribution in [0.3, 0.4) is 0 Å². The van der Waals surface area contributed by atoms with Crippen molar-refractivity contribution < 1.29 is 24.2 Å². The van der Waals surface area contributed by atoms with Gasteiger partial charge < -0.3 is 14.6 Å². The second kappa shape index (κ2) is 5.54. The lowest BCUT2D eigenvalue weighted by Crippen LogP contribution is -2.26. The molecule has 5 nitrogen and oxygen atoms in total. The summed E-state index contributed by atoms with van der Waals surface area (Å²) in [6, 6.07) is 13.5. The van der Waals surface area contributed by atoms with Gasteiger partial charge in [0.2, 0.25) is 11.9 Å². The summed E-state index contributed by atoms with van der Waals surface area (Å²) in [5, 5.41) is 11.3. The van der Waals surface area contributed by atoms with Gasteiger partial charge in [0.25, 0.3) is 0 Å². The van der Waals surface area contributed by atoms with E-state index >= 15 is 0 Å². The third-order valence-corrected chi connectivity index (χ3v) is 3.46. The molecule has 2 aromatic carbocycles. The van der Waals surface area contributed by atoms with E-state index in [1.165, 1.54) is 0 Å². The summed E-state index contributed by atoms with van der Waals surface area (Å²) >= 11 is 0. The Morgan fingerprint density at radius 1 is 1.10 bits per heavy atom. The zero-order valence-electron chi connectivity index (χ0n) is 11.2. The van der Waals surface area contributed by atoms with Crippen LogP contribution in [0.2, 0.25) is 0 Å². The van der Waals surface area contributed by atoms with Crippen molar-refractivity contribution in [1.29, 1.82) is 0 Å². The van der Waals surface area contributed by atoms with Crippen LogP contribution in [0.15, 0.2) is 42.5 Å². The van der Waals surface area contributed by atoms with Gasteiger partial charge in [0.15, 0.2) is 6.10 Å². The molecule has 1 aliphatic heterocycles. The summed E-state index contributed by atoms with van der Waals surface area (Å²) in [4.78, 5) is 22.6. The smallest absolute Gasteiger partial charge is 0.343 e. The number of rotatable bonds is 4. The molecule has 1 heterocycles. The lowest BCUT2D eigenvalue weighted by molar-refractivity contribution is -0.147. The second-order valence-electron chi connectivity index (χ2n) is 4.84. The van der Waals surface area contributed by atoms with E-state index in [1.54, 1.807) is 0 Å². The minimum absolute atomic E-state index is 0.227. The van der Waals surface area contributed by atoms with Crippen LogP contribution in [0.1, 0.15) is 6.42 Å². The normalized spacial score (nSPS) is 21.6. The molecule has 0 aliphatic carbocycles. The van der Waals surface area contributed by atoms with E-state index in [1.807, 2.05) is 42.5 Å². The first-order valence-electron chi connectivity index (χ1n) is 6.69. The number of aliphatic hydroxyl groups excluding tert-OH is 1. The average Bonchev–Trinajstić information content (AvgIpc) is 2.75. The number of benzene rings is 2. The molecule has 2 aromatic rings. The molecule has 0 spiro atoms. The number of carbonyl (C=O) groups is 2. The fourth-order valence-corrected chi connectivity index (χ4v) is 2.35. The summed E-state index contributed by atoms with van der Waals surface area (Å²) in [6.07, 6.45) is -2.33. The SMILES string of the molecule is O=C1OC(CCOc2cccc3ccccc23)C(=O)C1O. The summed E-state index contributed by atoms with van der Waals surface area (Å²) in [7, 11) is 0. The van der Waals surface area contributed by atoms with Crippen LogP contribution >= 0.6 is 0 Å². The van der Waals surface area contributed by atoms with Gasteiger partial charge >= 0.3 is 5.97 Å². The first-order chi connectivity index (χ1) is 10.2. The van der Waals surface area contributed by atoms with Crippen molar-refractivity contribution in [2.75, 3.05) is 6.61 Å². The quantitative estimate of drug-likeness (QED) is 0.680. The van der Waals surface area contributed by atoms with Crippen molar-refractivity contribution >= 4 is 22.5 Å². The number of hydrogen-bond donors (Lipinski definition) is 1. The standard InChI is InChI=1S/C16H14O5/c17-14-13(21-16(19)15(14)18)8-9-20-12-7-3-5-10-4-1-2-6-11(10)12/h1-7,13,15,18H,8-9H2. The van der Waals surface area contributed by atoms with E-state index in [0.29, 0.717) is 5.75 Å². The molecule has 1 N–H and O–H groups in total. The highest BCUT2D eigenvalue weighted by Crippen LogP contribution is 2.25. The highest BCUT2D eigenvalue weighted by Gasteiger charge is 2.41. The molecule has 1 aliphatic rings. The van der Waals surface area contributed by atoms with E-state index in [-0.39, 0.29) is 13.0 Å². The number of fused-ring (bicyclic) bond motifs is 1. The topological polar surface area (TPSA) is 72.8 Å². The number of carbonyl (C=O) groups excluding carboxylic acids is 2. The van der Waals surface area contributed by atoms with Gasteiger partial charge in [-0.1, -0.05) is 36.4 Å². The molecular formula is C16H14O5. The Bertz CT molecular complexity index is 689. The van der Waals surface area contributed by atoms with Crippen LogP contribution in [-0.4, -0.2) is 35.7 Å². The van der Waals surface area contributed by atoms with Crippen molar-refractivity contribution in [1.82, 2.24) is 0 Å². The van der Waals surface area contributed by atoms with Crippen molar-refractivity contribution in [3.8, 4) is 5.75 Å². The molecule has 1 fully saturated rings. The van der Waals surface area contributed by atoms with Gasteiger partial charge in [-0.3, -0.25) is 4.79 Å². The van der Waals surface area contributed by atoms with Gasteiger partial charge in [-0.25, -0.2) is 4.79 Å². The molecule has 0 aromatic heterocycles. The van der Waals surface area contributed by atoms with Crippen LogP contribution in [0.4, 0.5) is 0 Å². The highest BCUT2D eigenvalue weighted by molar-refractivity contribution is 6.08. The fourth-order valence-electron chi connectivity index (χ4n) is 2.35. The summed E-state index contributed by atoms with van der Waals surface area (Å²) < 4.78 is 10.5. The zero-order chi connectivity index (χ0) is 14.8. The first kappa shape index (κ1) is 13.6. The molecule has 5 heteroatoms. The monoisotopic (exact) mass is 286 g/mol. The average molecular weight is 286 g/mol. The maximum Gasteiger partial charge on any atom is 0.343 e. The molecule has 3 rings (SSSR count). The van der Waals surface area contributed by atoms with Crippen LogP contribution < -0.4 is 4.74 Å². The van der Waals surface area contributed by atoms with E-state index in [2.05, 4.69) is 0 Å². The van der Waals surface area contributed by atoms with Crippen molar-refractivity contribution in [2.24, 2.45) is 0 Å². The molecule has 2 atom stereocenters. The Labute approximate surface area is 121 Å². The molecule has 0 radical (unpaired) electrons. The fraction of sp³-hybridized carbons (Fsp3) is 0.250. The van der Waals surface area contributed by atoms with Gasteiger partial charge in [0.05, 0.1) is 6.61 Å². The Morgan fingerprint density at radius 2 is 1.86 bits per heavy atom. The summed E-state index contributed by atoms with van der Waals surface area (Å²) in [5.41, 5.74) is 0. The van der Waals surface area contributed by atoms with Crippen molar-refractivity contribution in [3.05, 3.63) is 42.5 Å². The number of cyclic esters (lactones) is 1. The predicted octanol–water partition coefficient (Wildman–Crippen LogP) is 1.46. The van der Waals surface area contributed by atoms with Crippen molar-refractivity contribution in [2.45, 2.75) is 18.6 Å². The number of hydrogen-bond acceptors (Lipinski definition) is 5. The van der Waals surface area contributed by atoms with Gasteiger partial charge in [-0.15, -0.1) is 0 Å². The van der Waals surface area contributed by atoms with Gasteiger partial charge in [-0.05, 0) is 11.5 Å².